The molecule has 5 aromatic carbocycles. The van der Waals surface area contributed by atoms with E-state index in [0.717, 1.165) is 56.1 Å². The van der Waals surface area contributed by atoms with E-state index in [1.165, 1.54) is 22.0 Å². The molecule has 0 aliphatic rings. The Kier molecular flexibility index (Phi) is 7.58. The second kappa shape index (κ2) is 11.7. The number of imidazole rings is 1. The van der Waals surface area contributed by atoms with Crippen molar-refractivity contribution in [3.63, 3.8) is 0 Å². The molecule has 0 fully saturated rings. The number of pyridine rings is 1. The van der Waals surface area contributed by atoms with Gasteiger partial charge in [0, 0.05) is 63.3 Å². The second-order valence-electron chi connectivity index (χ2n) is 11.7. The van der Waals surface area contributed by atoms with E-state index in [9.17, 15) is 0 Å². The van der Waals surface area contributed by atoms with E-state index in [2.05, 4.69) is 168 Å². The molecule has 0 unspecified atom stereocenters. The minimum atomic E-state index is 0. The van der Waals surface area contributed by atoms with E-state index < -0.39 is 0 Å². The van der Waals surface area contributed by atoms with Crippen molar-refractivity contribution < 1.29 is 21.1 Å². The number of rotatable bonds is 5. The van der Waals surface area contributed by atoms with Gasteiger partial charge < -0.3 is 9.47 Å². The Balaban J connectivity index is 0.00000338. The predicted molar refractivity (Wildman–Crippen MR) is 185 cm³/mol. The molecule has 0 amide bonds. The molecule has 0 spiro atoms. The number of benzene rings is 5. The number of nitrogens with zero attached hydrogens (tertiary/aromatic N) is 5. The third-order valence-electron chi connectivity index (χ3n) is 8.68. The van der Waals surface area contributed by atoms with Crippen LogP contribution >= 0.6 is 0 Å². The summed E-state index contributed by atoms with van der Waals surface area (Å²) in [5, 5.41) is 2.32. The first-order valence-electron chi connectivity index (χ1n) is 15.2. The number of hydrogen-bond acceptors (Lipinski definition) is 2. The van der Waals surface area contributed by atoms with Crippen LogP contribution in [0, 0.1) is 32.9 Å². The summed E-state index contributed by atoms with van der Waals surface area (Å²) in [6, 6.07) is 46.0. The molecule has 8 rings (SSSR count). The zero-order valence-electron chi connectivity index (χ0n) is 26.1. The summed E-state index contributed by atoms with van der Waals surface area (Å²) in [7, 11) is 2.08. The maximum absolute atomic E-state index is 4.79. The molecular formula is C40H32N5Pt-. The van der Waals surface area contributed by atoms with Gasteiger partial charge in [-0.15, -0.1) is 29.7 Å². The van der Waals surface area contributed by atoms with Gasteiger partial charge in [0.2, 0.25) is 0 Å². The predicted octanol–water partition coefficient (Wildman–Crippen LogP) is 9.74. The Bertz CT molecular complexity index is 2380. The molecule has 0 atom stereocenters. The summed E-state index contributed by atoms with van der Waals surface area (Å²) >= 11 is 0. The van der Waals surface area contributed by atoms with Crippen LogP contribution < -0.4 is 4.90 Å². The molecule has 5 nitrogen and oxygen atoms in total. The first-order chi connectivity index (χ1) is 22.0. The average molecular weight is 778 g/mol. The Morgan fingerprint density at radius 3 is 2.15 bits per heavy atom. The largest absolute Gasteiger partial charge is 0.357 e. The topological polar surface area (TPSA) is 30.9 Å². The van der Waals surface area contributed by atoms with Gasteiger partial charge in [0.1, 0.15) is 5.82 Å². The zero-order valence-corrected chi connectivity index (χ0v) is 28.4. The first kappa shape index (κ1) is 29.7. The van der Waals surface area contributed by atoms with Crippen molar-refractivity contribution in [1.29, 1.82) is 0 Å². The van der Waals surface area contributed by atoms with Crippen LogP contribution in [0.5, 0.6) is 0 Å². The Hall–Kier alpha value is -4.99. The molecule has 46 heavy (non-hydrogen) atoms. The maximum Gasteiger partial charge on any atom is 0.188 e. The van der Waals surface area contributed by atoms with Gasteiger partial charge in [-0.1, -0.05) is 59.4 Å². The van der Waals surface area contributed by atoms with Crippen molar-refractivity contribution in [3.8, 4) is 11.5 Å². The third-order valence-corrected chi connectivity index (χ3v) is 8.68. The van der Waals surface area contributed by atoms with Gasteiger partial charge >= 0.3 is 0 Å². The van der Waals surface area contributed by atoms with Crippen molar-refractivity contribution in [3.05, 3.63) is 151 Å². The normalized spacial score (nSPS) is 11.3. The summed E-state index contributed by atoms with van der Waals surface area (Å²) < 4.78 is 6.59. The van der Waals surface area contributed by atoms with Gasteiger partial charge in [-0.3, -0.25) is 0 Å². The van der Waals surface area contributed by atoms with Gasteiger partial charge in [0.05, 0.1) is 0 Å². The summed E-state index contributed by atoms with van der Waals surface area (Å²) in [5.74, 6) is 0.883. The van der Waals surface area contributed by atoms with Crippen molar-refractivity contribution in [2.24, 2.45) is 7.05 Å². The molecule has 8 aromatic rings. The fraction of sp³-hybridized carbons (Fsp3) is 0.100. The van der Waals surface area contributed by atoms with Gasteiger partial charge in [-0.25, -0.2) is 14.1 Å². The third kappa shape index (κ3) is 4.83. The Morgan fingerprint density at radius 2 is 1.37 bits per heavy atom. The standard InChI is InChI=1S/C40H32N5.Pt/c1-27-21-22-41-39(23-27)45-35-16-6-5-15-33(35)34-20-19-32(25-38(34)45)44(40-28(2)11-9-12-29(40)3)31-14-10-13-30(24-31)43-26-42(4)36-17-7-8-18-37(36)43;/h5-23,26H,1-4H3;/q-1;. The van der Waals surface area contributed by atoms with E-state index in [0.29, 0.717) is 0 Å². The minimum Gasteiger partial charge on any atom is -0.357 e. The van der Waals surface area contributed by atoms with Gasteiger partial charge in [-0.05, 0) is 73.2 Å². The molecule has 0 radical (unpaired) electrons. The number of para-hydroxylation sites is 4. The average Bonchev–Trinajstić information content (AvgIpc) is 3.57. The molecule has 0 bridgehead atoms. The number of fused-ring (bicyclic) bond motifs is 4. The van der Waals surface area contributed by atoms with Crippen LogP contribution in [0.2, 0.25) is 0 Å². The van der Waals surface area contributed by atoms with Crippen LogP contribution in [0.3, 0.4) is 0 Å². The molecule has 0 N–H and O–H groups in total. The monoisotopic (exact) mass is 777 g/mol. The minimum absolute atomic E-state index is 0. The van der Waals surface area contributed by atoms with Crippen LogP contribution in [-0.4, -0.2) is 18.7 Å². The molecule has 6 heteroatoms. The van der Waals surface area contributed by atoms with Crippen LogP contribution in [0.1, 0.15) is 16.7 Å². The van der Waals surface area contributed by atoms with E-state index in [-0.39, 0.29) is 21.1 Å². The van der Waals surface area contributed by atoms with E-state index in [4.69, 9.17) is 4.98 Å². The zero-order chi connectivity index (χ0) is 30.7. The van der Waals surface area contributed by atoms with Gasteiger partial charge in [-0.2, -0.15) is 12.1 Å². The molecule has 0 saturated heterocycles. The summed E-state index contributed by atoms with van der Waals surface area (Å²) in [6.45, 7) is 6.45. The number of anilines is 3. The smallest absolute Gasteiger partial charge is 0.188 e. The molecule has 0 aliphatic carbocycles. The molecule has 228 valence electrons. The summed E-state index contributed by atoms with van der Waals surface area (Å²) in [6.07, 6.45) is 4.00. The van der Waals surface area contributed by atoms with Crippen molar-refractivity contribution in [2.75, 3.05) is 4.90 Å². The van der Waals surface area contributed by atoms with E-state index in [1.807, 2.05) is 12.3 Å². The van der Waals surface area contributed by atoms with E-state index >= 15 is 0 Å². The van der Waals surface area contributed by atoms with Gasteiger partial charge in [0.15, 0.2) is 17.4 Å². The van der Waals surface area contributed by atoms with Crippen LogP contribution in [0.15, 0.2) is 122 Å². The molecular weight excluding hydrogens is 746 g/mol. The number of hydrogen-bond donors (Lipinski definition) is 0. The number of aromatic nitrogens is 4. The number of aryl methyl sites for hydroxylation is 4. The van der Waals surface area contributed by atoms with Crippen molar-refractivity contribution in [1.82, 2.24) is 18.7 Å². The van der Waals surface area contributed by atoms with Crippen molar-refractivity contribution >= 4 is 49.9 Å². The Morgan fingerprint density at radius 1 is 0.674 bits per heavy atom. The molecule has 3 heterocycles. The van der Waals surface area contributed by atoms with Gasteiger partial charge in [0.25, 0.3) is 0 Å². The van der Waals surface area contributed by atoms with E-state index in [1.54, 1.807) is 0 Å². The second-order valence-corrected chi connectivity index (χ2v) is 11.7. The summed E-state index contributed by atoms with van der Waals surface area (Å²) in [5.41, 5.74) is 11.9. The first-order valence-corrected chi connectivity index (χ1v) is 15.2. The quantitative estimate of drug-likeness (QED) is 0.163. The van der Waals surface area contributed by atoms with Crippen molar-refractivity contribution in [2.45, 2.75) is 20.8 Å². The van der Waals surface area contributed by atoms with Crippen LogP contribution in [0.4, 0.5) is 17.1 Å². The Labute approximate surface area is 283 Å². The fourth-order valence-corrected chi connectivity index (χ4v) is 6.59. The van der Waals surface area contributed by atoms with Crippen LogP contribution in [-0.2, 0) is 28.1 Å². The maximum atomic E-state index is 4.79. The molecule has 0 saturated carbocycles. The van der Waals surface area contributed by atoms with Crippen LogP contribution in [0.25, 0.3) is 44.3 Å². The molecule has 0 aliphatic heterocycles. The fourth-order valence-electron chi connectivity index (χ4n) is 6.59. The molecule has 3 aromatic heterocycles. The SMILES string of the molecule is Cc1ccnc(-n2c3[c-]c(N(c4[c-]c(-n5[cH+]n(C)c6ccccc65)ccc4)c4c(C)cccc4C)ccc3c3ccccc32)c1.[Pt]. The summed E-state index contributed by atoms with van der Waals surface area (Å²) in [4.78, 5) is 7.09.